The second kappa shape index (κ2) is 6.47. The van der Waals surface area contributed by atoms with E-state index in [-0.39, 0.29) is 0 Å². The molecule has 0 fully saturated rings. The van der Waals surface area contributed by atoms with E-state index in [0.29, 0.717) is 12.6 Å². The molecule has 0 aliphatic carbocycles. The standard InChI is InChI=1S/C16H22N2/c1-3-11-17-15-9-7-13-18(12-4-2)16-10-6-5-8-14(15)16/h2,5-6,8,10,15,17H,3,7,9,11-13H2,1H3. The molecule has 1 aromatic rings. The molecule has 96 valence electrons. The molecular formula is C16H22N2. The van der Waals surface area contributed by atoms with E-state index in [1.807, 2.05) is 0 Å². The topological polar surface area (TPSA) is 15.3 Å². The zero-order chi connectivity index (χ0) is 12.8. The second-order valence-corrected chi connectivity index (χ2v) is 4.83. The maximum Gasteiger partial charge on any atom is 0.0791 e. The molecule has 0 saturated heterocycles. The summed E-state index contributed by atoms with van der Waals surface area (Å²) in [4.78, 5) is 2.32. The van der Waals surface area contributed by atoms with E-state index < -0.39 is 0 Å². The number of nitrogens with zero attached hydrogens (tertiary/aromatic N) is 1. The predicted molar refractivity (Wildman–Crippen MR) is 77.8 cm³/mol. The van der Waals surface area contributed by atoms with Crippen molar-refractivity contribution >= 4 is 5.69 Å². The van der Waals surface area contributed by atoms with Gasteiger partial charge in [-0.1, -0.05) is 31.0 Å². The summed E-state index contributed by atoms with van der Waals surface area (Å²) in [5.41, 5.74) is 2.71. The molecule has 1 aromatic carbocycles. The molecule has 1 heterocycles. The molecule has 18 heavy (non-hydrogen) atoms. The number of benzene rings is 1. The number of anilines is 1. The van der Waals surface area contributed by atoms with Crippen molar-refractivity contribution in [1.82, 2.24) is 5.32 Å². The van der Waals surface area contributed by atoms with Crippen molar-refractivity contribution in [2.75, 3.05) is 24.5 Å². The molecule has 0 saturated carbocycles. The summed E-state index contributed by atoms with van der Waals surface area (Å²) < 4.78 is 0. The normalized spacial score (nSPS) is 18.9. The third-order valence-corrected chi connectivity index (χ3v) is 3.50. The van der Waals surface area contributed by atoms with E-state index in [2.05, 4.69) is 47.3 Å². The zero-order valence-corrected chi connectivity index (χ0v) is 11.2. The van der Waals surface area contributed by atoms with E-state index in [0.717, 1.165) is 13.1 Å². The maximum atomic E-state index is 5.48. The average Bonchev–Trinajstić information content (AvgIpc) is 2.57. The van der Waals surface area contributed by atoms with Crippen molar-refractivity contribution in [3.8, 4) is 12.3 Å². The van der Waals surface area contributed by atoms with Crippen LogP contribution in [0.5, 0.6) is 0 Å². The fraction of sp³-hybridized carbons (Fsp3) is 0.500. The Bertz CT molecular complexity index is 419. The molecule has 2 nitrogen and oxygen atoms in total. The number of fused-ring (bicyclic) bond motifs is 1. The van der Waals surface area contributed by atoms with Crippen LogP contribution in [0.2, 0.25) is 0 Å². The molecule has 0 aromatic heterocycles. The number of hydrogen-bond donors (Lipinski definition) is 1. The van der Waals surface area contributed by atoms with Gasteiger partial charge in [-0.25, -0.2) is 0 Å². The van der Waals surface area contributed by atoms with Crippen molar-refractivity contribution < 1.29 is 0 Å². The van der Waals surface area contributed by atoms with Crippen LogP contribution < -0.4 is 10.2 Å². The Balaban J connectivity index is 2.26. The Morgan fingerprint density at radius 1 is 1.44 bits per heavy atom. The van der Waals surface area contributed by atoms with E-state index in [9.17, 15) is 0 Å². The molecule has 0 amide bonds. The monoisotopic (exact) mass is 242 g/mol. The van der Waals surface area contributed by atoms with Gasteiger partial charge in [-0.05, 0) is 37.4 Å². The van der Waals surface area contributed by atoms with Crippen LogP contribution in [0.3, 0.4) is 0 Å². The Morgan fingerprint density at radius 2 is 2.28 bits per heavy atom. The molecule has 2 rings (SSSR count). The van der Waals surface area contributed by atoms with Gasteiger partial charge in [0, 0.05) is 18.3 Å². The van der Waals surface area contributed by atoms with Gasteiger partial charge in [0.1, 0.15) is 0 Å². The number of hydrogen-bond acceptors (Lipinski definition) is 2. The largest absolute Gasteiger partial charge is 0.360 e. The predicted octanol–water partition coefficient (Wildman–Crippen LogP) is 2.96. The van der Waals surface area contributed by atoms with Crippen LogP contribution in [0.15, 0.2) is 24.3 Å². The molecule has 0 spiro atoms. The summed E-state index contributed by atoms with van der Waals surface area (Å²) in [6, 6.07) is 9.13. The molecule has 0 bridgehead atoms. The van der Waals surface area contributed by atoms with Gasteiger partial charge < -0.3 is 10.2 Å². The molecule has 1 aliphatic rings. The molecule has 1 N–H and O–H groups in total. The first kappa shape index (κ1) is 13.0. The third-order valence-electron chi connectivity index (χ3n) is 3.50. The number of nitrogens with one attached hydrogen (secondary N) is 1. The second-order valence-electron chi connectivity index (χ2n) is 4.83. The smallest absolute Gasteiger partial charge is 0.0791 e. The van der Waals surface area contributed by atoms with Gasteiger partial charge in [0.2, 0.25) is 0 Å². The van der Waals surface area contributed by atoms with E-state index in [4.69, 9.17) is 6.42 Å². The number of terminal acetylenes is 1. The van der Waals surface area contributed by atoms with Gasteiger partial charge >= 0.3 is 0 Å². The number of para-hydroxylation sites is 1. The highest BCUT2D eigenvalue weighted by Crippen LogP contribution is 2.32. The third kappa shape index (κ3) is 2.86. The van der Waals surface area contributed by atoms with Crippen molar-refractivity contribution in [3.05, 3.63) is 29.8 Å². The first-order valence-electron chi connectivity index (χ1n) is 6.87. The van der Waals surface area contributed by atoms with Crippen molar-refractivity contribution in [2.45, 2.75) is 32.2 Å². The van der Waals surface area contributed by atoms with E-state index in [1.165, 1.54) is 30.5 Å². The average molecular weight is 242 g/mol. The molecule has 0 radical (unpaired) electrons. The van der Waals surface area contributed by atoms with Gasteiger partial charge in [-0.15, -0.1) is 6.42 Å². The zero-order valence-electron chi connectivity index (χ0n) is 11.2. The van der Waals surface area contributed by atoms with Crippen molar-refractivity contribution in [3.63, 3.8) is 0 Å². The lowest BCUT2D eigenvalue weighted by Gasteiger charge is -2.24. The summed E-state index contributed by atoms with van der Waals surface area (Å²) in [7, 11) is 0. The molecule has 1 aliphatic heterocycles. The fourth-order valence-corrected chi connectivity index (χ4v) is 2.64. The van der Waals surface area contributed by atoms with Crippen LogP contribution in [-0.2, 0) is 0 Å². The molecule has 2 heteroatoms. The summed E-state index contributed by atoms with van der Waals surface area (Å²) in [5, 5.41) is 3.65. The van der Waals surface area contributed by atoms with Crippen LogP contribution >= 0.6 is 0 Å². The fourth-order valence-electron chi connectivity index (χ4n) is 2.64. The first-order valence-corrected chi connectivity index (χ1v) is 6.87. The highest BCUT2D eigenvalue weighted by Gasteiger charge is 2.21. The quantitative estimate of drug-likeness (QED) is 0.817. The minimum Gasteiger partial charge on any atom is -0.360 e. The van der Waals surface area contributed by atoms with Crippen LogP contribution in [0, 0.1) is 12.3 Å². The lowest BCUT2D eigenvalue weighted by atomic mass is 10.0. The summed E-state index contributed by atoms with van der Waals surface area (Å²) in [6.45, 7) is 5.05. The first-order chi connectivity index (χ1) is 8.86. The Morgan fingerprint density at radius 3 is 3.06 bits per heavy atom. The van der Waals surface area contributed by atoms with Gasteiger partial charge in [0.05, 0.1) is 6.54 Å². The van der Waals surface area contributed by atoms with E-state index in [1.54, 1.807) is 0 Å². The summed E-state index contributed by atoms with van der Waals surface area (Å²) >= 11 is 0. The highest BCUT2D eigenvalue weighted by molar-refractivity contribution is 5.56. The molecule has 1 atom stereocenters. The lowest BCUT2D eigenvalue weighted by Crippen LogP contribution is -2.25. The van der Waals surface area contributed by atoms with Gasteiger partial charge in [-0.2, -0.15) is 0 Å². The van der Waals surface area contributed by atoms with Crippen LogP contribution in [-0.4, -0.2) is 19.6 Å². The Hall–Kier alpha value is -1.46. The number of rotatable bonds is 4. The van der Waals surface area contributed by atoms with Gasteiger partial charge in [-0.3, -0.25) is 0 Å². The van der Waals surface area contributed by atoms with Gasteiger partial charge in [0.15, 0.2) is 0 Å². The Kier molecular flexibility index (Phi) is 4.66. The highest BCUT2D eigenvalue weighted by atomic mass is 15.1. The Labute approximate surface area is 110 Å². The van der Waals surface area contributed by atoms with Crippen LogP contribution in [0.25, 0.3) is 0 Å². The maximum absolute atomic E-state index is 5.48. The van der Waals surface area contributed by atoms with Crippen LogP contribution in [0.1, 0.15) is 37.8 Å². The minimum absolute atomic E-state index is 0.476. The molecular weight excluding hydrogens is 220 g/mol. The summed E-state index contributed by atoms with van der Waals surface area (Å²) in [5.74, 6) is 2.77. The molecule has 1 unspecified atom stereocenters. The van der Waals surface area contributed by atoms with E-state index >= 15 is 0 Å². The van der Waals surface area contributed by atoms with Gasteiger partial charge in [0.25, 0.3) is 0 Å². The summed E-state index contributed by atoms with van der Waals surface area (Å²) in [6.07, 6.45) is 9.03. The lowest BCUT2D eigenvalue weighted by molar-refractivity contribution is 0.496. The SMILES string of the molecule is C#CCN1CCCC(NCCC)c2ccccc21. The van der Waals surface area contributed by atoms with Crippen LogP contribution in [0.4, 0.5) is 5.69 Å². The van der Waals surface area contributed by atoms with Crippen molar-refractivity contribution in [1.29, 1.82) is 0 Å². The minimum atomic E-state index is 0.476. The van der Waals surface area contributed by atoms with Crippen molar-refractivity contribution in [2.24, 2.45) is 0 Å².